The Labute approximate surface area is 173 Å². The maximum absolute atomic E-state index is 12.5. The zero-order valence-corrected chi connectivity index (χ0v) is 16.8. The van der Waals surface area contributed by atoms with Crippen molar-refractivity contribution in [2.24, 2.45) is 11.8 Å². The standard InChI is InChI=1S/C22H22O8/c1-25-15-7-11-17(21(27-3)20(15)26-2)16(12-8-28-22(24)18(12)19(11)23)10-4-5-13-14(6-10)30-9-29-13/h4-7,12,16,18-19,23H,8-9H2,1-3H3/t12-,16-,18+,19+/m1/s1. The van der Waals surface area contributed by atoms with Crippen LogP contribution in [0, 0.1) is 11.8 Å². The molecule has 2 aliphatic heterocycles. The second kappa shape index (κ2) is 6.98. The van der Waals surface area contributed by atoms with Gasteiger partial charge in [0.25, 0.3) is 0 Å². The van der Waals surface area contributed by atoms with Crippen LogP contribution in [0.2, 0.25) is 0 Å². The zero-order chi connectivity index (χ0) is 21.0. The number of rotatable bonds is 4. The molecule has 1 saturated heterocycles. The van der Waals surface area contributed by atoms with E-state index in [1.165, 1.54) is 14.2 Å². The number of methoxy groups -OCH3 is 3. The molecular formula is C22H22O8. The largest absolute Gasteiger partial charge is 0.493 e. The summed E-state index contributed by atoms with van der Waals surface area (Å²) in [6.07, 6.45) is -1.04. The Bertz CT molecular complexity index is 1020. The number of aliphatic hydroxyl groups excluding tert-OH is 1. The molecule has 1 N–H and O–H groups in total. The lowest BCUT2D eigenvalue weighted by Crippen LogP contribution is -2.35. The number of aliphatic hydroxyl groups is 1. The number of cyclic esters (lactones) is 1. The van der Waals surface area contributed by atoms with Crippen molar-refractivity contribution in [2.75, 3.05) is 34.7 Å². The molecule has 0 aromatic heterocycles. The number of fused-ring (bicyclic) bond motifs is 3. The van der Waals surface area contributed by atoms with E-state index in [0.717, 1.165) is 11.1 Å². The topological polar surface area (TPSA) is 92.7 Å². The van der Waals surface area contributed by atoms with Crippen molar-refractivity contribution in [1.82, 2.24) is 0 Å². The van der Waals surface area contributed by atoms with Gasteiger partial charge in [-0.3, -0.25) is 4.79 Å². The lowest BCUT2D eigenvalue weighted by Gasteiger charge is -2.38. The summed E-state index contributed by atoms with van der Waals surface area (Å²) in [5.74, 6) is 0.976. The SMILES string of the molecule is COc1cc2c(c(OC)c1OC)[C@H](c1ccc3c(c1)OCO3)[C@H]1COC(=O)[C@@H]1[C@H]2O. The molecule has 8 nitrogen and oxygen atoms in total. The van der Waals surface area contributed by atoms with E-state index in [1.807, 2.05) is 18.2 Å². The maximum Gasteiger partial charge on any atom is 0.312 e. The van der Waals surface area contributed by atoms with Crippen molar-refractivity contribution in [1.29, 1.82) is 0 Å². The van der Waals surface area contributed by atoms with Gasteiger partial charge in [0.2, 0.25) is 12.5 Å². The van der Waals surface area contributed by atoms with Crippen LogP contribution in [0.15, 0.2) is 24.3 Å². The molecule has 30 heavy (non-hydrogen) atoms. The van der Waals surface area contributed by atoms with Crippen molar-refractivity contribution < 1.29 is 38.3 Å². The van der Waals surface area contributed by atoms with E-state index in [4.69, 9.17) is 28.4 Å². The first kappa shape index (κ1) is 18.9. The maximum atomic E-state index is 12.5. The van der Waals surface area contributed by atoms with Gasteiger partial charge in [-0.05, 0) is 29.3 Å². The highest BCUT2D eigenvalue weighted by molar-refractivity contribution is 5.78. The Balaban J connectivity index is 1.78. The first-order valence-corrected chi connectivity index (χ1v) is 9.66. The zero-order valence-electron chi connectivity index (χ0n) is 16.8. The summed E-state index contributed by atoms with van der Waals surface area (Å²) in [6, 6.07) is 7.41. The van der Waals surface area contributed by atoms with Crippen molar-refractivity contribution in [2.45, 2.75) is 12.0 Å². The molecule has 0 bridgehead atoms. The fourth-order valence-electron chi connectivity index (χ4n) is 4.91. The number of carbonyl (C=O) groups is 1. The lowest BCUT2D eigenvalue weighted by molar-refractivity contribution is -0.144. The number of ether oxygens (including phenoxy) is 6. The van der Waals surface area contributed by atoms with E-state index in [0.29, 0.717) is 34.3 Å². The normalized spacial score (nSPS) is 25.9. The van der Waals surface area contributed by atoms with Crippen molar-refractivity contribution in [3.63, 3.8) is 0 Å². The van der Waals surface area contributed by atoms with Crippen LogP contribution in [0.5, 0.6) is 28.7 Å². The molecule has 2 heterocycles. The van der Waals surface area contributed by atoms with Crippen molar-refractivity contribution >= 4 is 5.97 Å². The first-order chi connectivity index (χ1) is 14.6. The fourth-order valence-corrected chi connectivity index (χ4v) is 4.91. The first-order valence-electron chi connectivity index (χ1n) is 9.66. The van der Waals surface area contributed by atoms with E-state index in [9.17, 15) is 9.90 Å². The minimum absolute atomic E-state index is 0.167. The van der Waals surface area contributed by atoms with Crippen molar-refractivity contribution in [3.8, 4) is 28.7 Å². The van der Waals surface area contributed by atoms with Gasteiger partial charge in [0.05, 0.1) is 40.0 Å². The molecule has 1 aliphatic carbocycles. The summed E-state index contributed by atoms with van der Waals surface area (Å²) in [4.78, 5) is 12.5. The third-order valence-corrected chi connectivity index (χ3v) is 6.21. The van der Waals surface area contributed by atoms with E-state index in [2.05, 4.69) is 0 Å². The van der Waals surface area contributed by atoms with Crippen LogP contribution in [0.25, 0.3) is 0 Å². The number of esters is 1. The molecule has 5 rings (SSSR count). The van der Waals surface area contributed by atoms with Gasteiger partial charge in [-0.25, -0.2) is 0 Å². The van der Waals surface area contributed by atoms with E-state index in [-0.39, 0.29) is 25.2 Å². The summed E-state index contributed by atoms with van der Waals surface area (Å²) < 4.78 is 33.2. The quantitative estimate of drug-likeness (QED) is 0.763. The van der Waals surface area contributed by atoms with Crippen LogP contribution >= 0.6 is 0 Å². The average molecular weight is 414 g/mol. The number of hydrogen-bond donors (Lipinski definition) is 1. The van der Waals surface area contributed by atoms with Gasteiger partial charge in [0.1, 0.15) is 0 Å². The molecule has 0 spiro atoms. The molecule has 1 fully saturated rings. The molecular weight excluding hydrogens is 392 g/mol. The molecule has 0 amide bonds. The van der Waals surface area contributed by atoms with E-state index >= 15 is 0 Å². The average Bonchev–Trinajstić information content (AvgIpc) is 3.39. The molecule has 0 saturated carbocycles. The Hall–Kier alpha value is -3.13. The monoisotopic (exact) mass is 414 g/mol. The Morgan fingerprint density at radius 3 is 2.47 bits per heavy atom. The molecule has 158 valence electrons. The fraction of sp³-hybridized carbons (Fsp3) is 0.409. The molecule has 0 radical (unpaired) electrons. The van der Waals surface area contributed by atoms with Crippen LogP contribution in [0.1, 0.15) is 28.7 Å². The van der Waals surface area contributed by atoms with Crippen molar-refractivity contribution in [3.05, 3.63) is 41.0 Å². The van der Waals surface area contributed by atoms with E-state index < -0.39 is 18.0 Å². The minimum atomic E-state index is -1.04. The van der Waals surface area contributed by atoms with Gasteiger partial charge >= 0.3 is 5.97 Å². The molecule has 4 atom stereocenters. The third kappa shape index (κ3) is 2.53. The molecule has 0 unspecified atom stereocenters. The summed E-state index contributed by atoms with van der Waals surface area (Å²) in [5.41, 5.74) is 2.22. The Morgan fingerprint density at radius 1 is 0.967 bits per heavy atom. The predicted octanol–water partition coefficient (Wildman–Crippen LogP) is 2.41. The van der Waals surface area contributed by atoms with Gasteiger partial charge in [-0.2, -0.15) is 0 Å². The highest BCUT2D eigenvalue weighted by atomic mass is 16.7. The van der Waals surface area contributed by atoms with Gasteiger partial charge in [0, 0.05) is 17.4 Å². The molecule has 8 heteroatoms. The number of hydrogen-bond acceptors (Lipinski definition) is 8. The molecule has 2 aromatic rings. The highest BCUT2D eigenvalue weighted by Gasteiger charge is 2.53. The van der Waals surface area contributed by atoms with Crippen LogP contribution in [-0.2, 0) is 9.53 Å². The van der Waals surface area contributed by atoms with Crippen LogP contribution in [0.3, 0.4) is 0 Å². The highest BCUT2D eigenvalue weighted by Crippen LogP contribution is 2.58. The Morgan fingerprint density at radius 2 is 1.73 bits per heavy atom. The predicted molar refractivity (Wildman–Crippen MR) is 103 cm³/mol. The number of carbonyl (C=O) groups excluding carboxylic acids is 1. The third-order valence-electron chi connectivity index (χ3n) is 6.21. The summed E-state index contributed by atoms with van der Waals surface area (Å²) in [7, 11) is 4.59. The number of benzene rings is 2. The molecule has 3 aliphatic rings. The second-order valence-electron chi connectivity index (χ2n) is 7.50. The minimum Gasteiger partial charge on any atom is -0.493 e. The van der Waals surface area contributed by atoms with E-state index in [1.54, 1.807) is 13.2 Å². The van der Waals surface area contributed by atoms with Crippen LogP contribution < -0.4 is 23.7 Å². The second-order valence-corrected chi connectivity index (χ2v) is 7.50. The smallest absolute Gasteiger partial charge is 0.312 e. The Kier molecular flexibility index (Phi) is 4.39. The van der Waals surface area contributed by atoms with Crippen LogP contribution in [-0.4, -0.2) is 45.8 Å². The summed E-state index contributed by atoms with van der Waals surface area (Å²) in [6.45, 7) is 0.372. The lowest BCUT2D eigenvalue weighted by atomic mass is 9.66. The van der Waals surface area contributed by atoms with Crippen LogP contribution in [0.4, 0.5) is 0 Å². The van der Waals surface area contributed by atoms with Gasteiger partial charge in [-0.1, -0.05) is 6.07 Å². The molecule has 2 aromatic carbocycles. The summed E-state index contributed by atoms with van der Waals surface area (Å²) >= 11 is 0. The van der Waals surface area contributed by atoms with Gasteiger partial charge < -0.3 is 33.5 Å². The van der Waals surface area contributed by atoms with Gasteiger partial charge in [0.15, 0.2) is 23.0 Å². The van der Waals surface area contributed by atoms with Gasteiger partial charge in [-0.15, -0.1) is 0 Å². The summed E-state index contributed by atoms with van der Waals surface area (Å²) in [5, 5.41) is 11.1.